The first-order valence-electron chi connectivity index (χ1n) is 8.92. The number of halogens is 3. The van der Waals surface area contributed by atoms with E-state index >= 15 is 0 Å². The van der Waals surface area contributed by atoms with Crippen LogP contribution in [0.5, 0.6) is 5.75 Å². The average molecular weight is 519 g/mol. The van der Waals surface area contributed by atoms with Crippen LogP contribution in [0.15, 0.2) is 80.8 Å². The van der Waals surface area contributed by atoms with Crippen molar-refractivity contribution in [3.05, 3.63) is 97.4 Å². The molecule has 0 aliphatic carbocycles. The third-order valence-corrected chi connectivity index (χ3v) is 6.59. The maximum Gasteiger partial charge on any atom is 0.214 e. The zero-order valence-corrected chi connectivity index (χ0v) is 18.6. The van der Waals surface area contributed by atoms with Gasteiger partial charge in [-0.2, -0.15) is 5.10 Å². The van der Waals surface area contributed by atoms with Crippen molar-refractivity contribution in [2.75, 3.05) is 0 Å². The Kier molecular flexibility index (Phi) is 4.69. The van der Waals surface area contributed by atoms with Crippen LogP contribution >= 0.6 is 43.5 Å². The van der Waals surface area contributed by atoms with E-state index in [-0.39, 0.29) is 12.3 Å². The van der Waals surface area contributed by atoms with Crippen molar-refractivity contribution in [1.29, 1.82) is 0 Å². The number of nitrogens with zero attached hydrogens (tertiary/aromatic N) is 2. The number of rotatable bonds is 2. The van der Waals surface area contributed by atoms with E-state index < -0.39 is 0 Å². The topological polar surface area (TPSA) is 24.8 Å². The lowest BCUT2D eigenvalue weighted by Crippen LogP contribution is -2.33. The molecule has 0 bridgehead atoms. The average Bonchev–Trinajstić information content (AvgIpc) is 3.14. The Hall–Kier alpha value is -1.82. The highest BCUT2D eigenvalue weighted by Gasteiger charge is 2.41. The summed E-state index contributed by atoms with van der Waals surface area (Å²) in [5, 5.41) is 7.76. The third-order valence-electron chi connectivity index (χ3n) is 5.10. The molecule has 0 aromatic heterocycles. The number of fused-ring (bicyclic) bond motifs is 3. The number of benzene rings is 3. The lowest BCUT2D eigenvalue weighted by molar-refractivity contribution is -0.0194. The highest BCUT2D eigenvalue weighted by Crippen LogP contribution is 2.49. The van der Waals surface area contributed by atoms with Crippen LogP contribution in [-0.2, 0) is 0 Å². The number of hydrazone groups is 1. The normalized spacial score (nSPS) is 20.2. The lowest BCUT2D eigenvalue weighted by Gasteiger charge is -2.38. The summed E-state index contributed by atoms with van der Waals surface area (Å²) in [5.41, 5.74) is 4.29. The monoisotopic (exact) mass is 516 g/mol. The van der Waals surface area contributed by atoms with Crippen LogP contribution in [0.2, 0.25) is 5.02 Å². The molecule has 2 heterocycles. The minimum atomic E-state index is -0.304. The summed E-state index contributed by atoms with van der Waals surface area (Å²) >= 11 is 13.5. The molecule has 6 heteroatoms. The Morgan fingerprint density at radius 2 is 1.75 bits per heavy atom. The minimum absolute atomic E-state index is 0.0817. The summed E-state index contributed by atoms with van der Waals surface area (Å²) in [5.74, 6) is 0.860. The van der Waals surface area contributed by atoms with Crippen molar-refractivity contribution in [2.45, 2.75) is 18.7 Å². The number of hydrogen-bond acceptors (Lipinski definition) is 3. The molecule has 0 radical (unpaired) electrons. The summed E-state index contributed by atoms with van der Waals surface area (Å²) in [6, 6.07) is 22.3. The third kappa shape index (κ3) is 3.15. The van der Waals surface area contributed by atoms with Gasteiger partial charge in [-0.15, -0.1) is 0 Å². The second kappa shape index (κ2) is 7.21. The Morgan fingerprint density at radius 1 is 0.964 bits per heavy atom. The molecule has 3 aromatic carbocycles. The smallest absolute Gasteiger partial charge is 0.214 e. The van der Waals surface area contributed by atoms with Gasteiger partial charge < -0.3 is 4.74 Å². The van der Waals surface area contributed by atoms with E-state index in [9.17, 15) is 0 Å². The standard InChI is InChI=1S/C22H15Br2ClN2O/c23-14-7-5-13(6-8-14)19-12-20-17-11-15(25)9-10-21(17)28-22(27(20)26-19)16-3-1-2-4-18(16)24/h1-11,20,22H,12H2/t20-,22-/m0/s1. The van der Waals surface area contributed by atoms with Gasteiger partial charge in [0.25, 0.3) is 0 Å². The van der Waals surface area contributed by atoms with E-state index in [1.807, 2.05) is 48.5 Å². The first kappa shape index (κ1) is 18.2. The van der Waals surface area contributed by atoms with Gasteiger partial charge in [0, 0.05) is 31.5 Å². The lowest BCUT2D eigenvalue weighted by atomic mass is 9.96. The summed E-state index contributed by atoms with van der Waals surface area (Å²) in [6.45, 7) is 0. The molecule has 3 nitrogen and oxygen atoms in total. The zero-order chi connectivity index (χ0) is 19.3. The van der Waals surface area contributed by atoms with Gasteiger partial charge in [0.1, 0.15) is 5.75 Å². The fourth-order valence-electron chi connectivity index (χ4n) is 3.76. The molecule has 0 saturated carbocycles. The molecule has 0 saturated heterocycles. The van der Waals surface area contributed by atoms with Gasteiger partial charge in [-0.05, 0) is 42.0 Å². The van der Waals surface area contributed by atoms with Crippen molar-refractivity contribution in [3.63, 3.8) is 0 Å². The van der Waals surface area contributed by atoms with Crippen molar-refractivity contribution >= 4 is 49.2 Å². The van der Waals surface area contributed by atoms with Crippen molar-refractivity contribution in [1.82, 2.24) is 5.01 Å². The Balaban J connectivity index is 1.62. The van der Waals surface area contributed by atoms with Crippen LogP contribution in [0.25, 0.3) is 0 Å². The summed E-state index contributed by atoms with van der Waals surface area (Å²) in [6.07, 6.45) is 0.501. The van der Waals surface area contributed by atoms with Gasteiger partial charge >= 0.3 is 0 Å². The summed E-state index contributed by atoms with van der Waals surface area (Å²) in [4.78, 5) is 0. The van der Waals surface area contributed by atoms with Crippen molar-refractivity contribution in [2.24, 2.45) is 5.10 Å². The van der Waals surface area contributed by atoms with Gasteiger partial charge in [-0.25, -0.2) is 5.01 Å². The van der Waals surface area contributed by atoms with Gasteiger partial charge in [0.2, 0.25) is 6.23 Å². The SMILES string of the molecule is Clc1ccc2c(c1)[C@@H]1CC(c3ccc(Br)cc3)=NN1[C@H](c1ccccc1Br)O2. The van der Waals surface area contributed by atoms with Crippen LogP contribution < -0.4 is 4.74 Å². The van der Waals surface area contributed by atoms with Crippen LogP contribution in [0.4, 0.5) is 0 Å². The Morgan fingerprint density at radius 3 is 2.54 bits per heavy atom. The Labute approximate surface area is 185 Å². The van der Waals surface area contributed by atoms with E-state index in [0.717, 1.165) is 43.5 Å². The molecule has 5 rings (SSSR count). The second-order valence-corrected chi connectivity index (χ2v) is 9.03. The van der Waals surface area contributed by atoms with Crippen molar-refractivity contribution < 1.29 is 4.74 Å². The van der Waals surface area contributed by atoms with Crippen molar-refractivity contribution in [3.8, 4) is 5.75 Å². The van der Waals surface area contributed by atoms with E-state index in [4.69, 9.17) is 21.4 Å². The first-order chi connectivity index (χ1) is 13.6. The highest BCUT2D eigenvalue weighted by atomic mass is 79.9. The predicted octanol–water partition coefficient (Wildman–Crippen LogP) is 7.11. The van der Waals surface area contributed by atoms with E-state index in [2.05, 4.69) is 55.1 Å². The molecule has 3 aromatic rings. The van der Waals surface area contributed by atoms with E-state index in [0.29, 0.717) is 5.02 Å². The van der Waals surface area contributed by atoms with Crippen LogP contribution in [0, 0.1) is 0 Å². The number of ether oxygens (including phenoxy) is 1. The van der Waals surface area contributed by atoms with Gasteiger partial charge in [0.05, 0.1) is 11.8 Å². The summed E-state index contributed by atoms with van der Waals surface area (Å²) in [7, 11) is 0. The minimum Gasteiger partial charge on any atom is -0.464 e. The molecular formula is C22H15Br2ClN2O. The zero-order valence-electron chi connectivity index (χ0n) is 14.6. The molecule has 0 unspecified atom stereocenters. The molecule has 0 spiro atoms. The molecule has 2 atom stereocenters. The van der Waals surface area contributed by atoms with Crippen LogP contribution in [-0.4, -0.2) is 10.7 Å². The molecule has 0 amide bonds. The molecule has 0 fully saturated rings. The van der Waals surface area contributed by atoms with Crippen LogP contribution in [0.3, 0.4) is 0 Å². The fourth-order valence-corrected chi connectivity index (χ4v) is 4.68. The van der Waals surface area contributed by atoms with Gasteiger partial charge in [-0.1, -0.05) is 73.8 Å². The van der Waals surface area contributed by atoms with Gasteiger partial charge in [0.15, 0.2) is 0 Å². The Bertz CT molecular complexity index is 1080. The summed E-state index contributed by atoms with van der Waals surface area (Å²) < 4.78 is 8.45. The quantitative estimate of drug-likeness (QED) is 0.361. The highest BCUT2D eigenvalue weighted by molar-refractivity contribution is 9.10. The van der Waals surface area contributed by atoms with Crippen LogP contribution in [0.1, 0.15) is 35.4 Å². The fraction of sp³-hybridized carbons (Fsp3) is 0.136. The first-order valence-corrected chi connectivity index (χ1v) is 10.9. The maximum atomic E-state index is 6.39. The maximum absolute atomic E-state index is 6.39. The second-order valence-electron chi connectivity index (χ2n) is 6.83. The molecule has 140 valence electrons. The molecule has 0 N–H and O–H groups in total. The molecule has 2 aliphatic rings. The largest absolute Gasteiger partial charge is 0.464 e. The van der Waals surface area contributed by atoms with E-state index in [1.165, 1.54) is 0 Å². The number of hydrogen-bond donors (Lipinski definition) is 0. The molecule has 28 heavy (non-hydrogen) atoms. The molecule has 2 aliphatic heterocycles. The predicted molar refractivity (Wildman–Crippen MR) is 119 cm³/mol. The van der Waals surface area contributed by atoms with E-state index in [1.54, 1.807) is 0 Å². The molecular weight excluding hydrogens is 504 g/mol. The van der Waals surface area contributed by atoms with Gasteiger partial charge in [-0.3, -0.25) is 0 Å².